The number of fused-ring (bicyclic) bond motifs is 2. The number of benzene rings is 1. The zero-order valence-corrected chi connectivity index (χ0v) is 15.0. The average molecular weight is 360 g/mol. The SMILES string of the molecule is c1cc(-c2ncc3c(n2)CN(Cc2ccc4c(c2)OCCO4)CC3)ccn1. The van der Waals surface area contributed by atoms with Crippen LogP contribution in [0.25, 0.3) is 11.4 Å². The van der Waals surface area contributed by atoms with Crippen LogP contribution in [0, 0.1) is 0 Å². The highest BCUT2D eigenvalue weighted by atomic mass is 16.6. The fourth-order valence-corrected chi connectivity index (χ4v) is 3.58. The molecular formula is C21H20N4O2. The maximum atomic E-state index is 5.71. The lowest BCUT2D eigenvalue weighted by atomic mass is 10.1. The molecule has 136 valence electrons. The maximum Gasteiger partial charge on any atom is 0.161 e. The van der Waals surface area contributed by atoms with Crippen LogP contribution in [0.2, 0.25) is 0 Å². The number of nitrogens with zero attached hydrogens (tertiary/aromatic N) is 4. The van der Waals surface area contributed by atoms with Gasteiger partial charge in [0.05, 0.1) is 5.69 Å². The summed E-state index contributed by atoms with van der Waals surface area (Å²) >= 11 is 0. The molecule has 2 aliphatic heterocycles. The van der Waals surface area contributed by atoms with Crippen LogP contribution in [-0.2, 0) is 19.5 Å². The van der Waals surface area contributed by atoms with Crippen molar-refractivity contribution in [2.45, 2.75) is 19.5 Å². The smallest absolute Gasteiger partial charge is 0.161 e. The molecule has 0 N–H and O–H groups in total. The molecular weight excluding hydrogens is 340 g/mol. The predicted octanol–water partition coefficient (Wildman–Crippen LogP) is 2.87. The van der Waals surface area contributed by atoms with Crippen LogP contribution < -0.4 is 9.47 Å². The van der Waals surface area contributed by atoms with Gasteiger partial charge in [-0.25, -0.2) is 9.97 Å². The lowest BCUT2D eigenvalue weighted by molar-refractivity contribution is 0.171. The molecule has 0 amide bonds. The van der Waals surface area contributed by atoms with E-state index in [9.17, 15) is 0 Å². The average Bonchev–Trinajstić information content (AvgIpc) is 2.74. The fraction of sp³-hybridized carbons (Fsp3) is 0.286. The first-order valence-electron chi connectivity index (χ1n) is 9.21. The summed E-state index contributed by atoms with van der Waals surface area (Å²) in [6.45, 7) is 3.92. The van der Waals surface area contributed by atoms with Crippen molar-refractivity contribution in [2.75, 3.05) is 19.8 Å². The van der Waals surface area contributed by atoms with Crippen LogP contribution in [0.4, 0.5) is 0 Å². The first kappa shape index (κ1) is 16.2. The first-order valence-corrected chi connectivity index (χ1v) is 9.21. The van der Waals surface area contributed by atoms with Crippen molar-refractivity contribution in [3.63, 3.8) is 0 Å². The molecule has 3 aromatic rings. The summed E-state index contributed by atoms with van der Waals surface area (Å²) in [6, 6.07) is 10.1. The number of pyridine rings is 1. The van der Waals surface area contributed by atoms with Gasteiger partial charge in [-0.1, -0.05) is 6.07 Å². The molecule has 0 unspecified atom stereocenters. The second kappa shape index (κ2) is 6.96. The summed E-state index contributed by atoms with van der Waals surface area (Å²) < 4.78 is 11.3. The summed E-state index contributed by atoms with van der Waals surface area (Å²) in [5.74, 6) is 2.44. The van der Waals surface area contributed by atoms with Crippen LogP contribution in [0.1, 0.15) is 16.8 Å². The van der Waals surface area contributed by atoms with Crippen molar-refractivity contribution in [1.29, 1.82) is 0 Å². The monoisotopic (exact) mass is 360 g/mol. The molecule has 0 radical (unpaired) electrons. The van der Waals surface area contributed by atoms with Crippen molar-refractivity contribution < 1.29 is 9.47 Å². The topological polar surface area (TPSA) is 60.4 Å². The van der Waals surface area contributed by atoms with Gasteiger partial charge in [0.15, 0.2) is 17.3 Å². The minimum absolute atomic E-state index is 0.613. The minimum atomic E-state index is 0.613. The number of rotatable bonds is 3. The van der Waals surface area contributed by atoms with Crippen molar-refractivity contribution in [3.05, 3.63) is 65.7 Å². The molecule has 0 fully saturated rings. The van der Waals surface area contributed by atoms with Gasteiger partial charge in [0.2, 0.25) is 0 Å². The third kappa shape index (κ3) is 3.36. The largest absolute Gasteiger partial charge is 0.486 e. The Balaban J connectivity index is 1.34. The van der Waals surface area contributed by atoms with E-state index >= 15 is 0 Å². The van der Waals surface area contributed by atoms with Gasteiger partial charge in [0, 0.05) is 43.8 Å². The van der Waals surface area contributed by atoms with E-state index in [1.165, 1.54) is 11.1 Å². The normalized spacial score (nSPS) is 16.0. The second-order valence-corrected chi connectivity index (χ2v) is 6.84. The van der Waals surface area contributed by atoms with E-state index in [-0.39, 0.29) is 0 Å². The molecule has 6 heteroatoms. The third-order valence-electron chi connectivity index (χ3n) is 4.98. The standard InChI is InChI=1S/C21H20N4O2/c1-2-19-20(27-10-9-26-19)11-15(1)13-25-8-5-17-12-23-21(24-18(17)14-25)16-3-6-22-7-4-16/h1-4,6-7,11-12H,5,8-10,13-14H2. The molecule has 4 heterocycles. The van der Waals surface area contributed by atoms with E-state index < -0.39 is 0 Å². The molecule has 2 aliphatic rings. The van der Waals surface area contributed by atoms with Crippen LogP contribution in [0.5, 0.6) is 11.5 Å². The molecule has 2 aromatic heterocycles. The highest BCUT2D eigenvalue weighted by molar-refractivity contribution is 5.54. The minimum Gasteiger partial charge on any atom is -0.486 e. The lowest BCUT2D eigenvalue weighted by Gasteiger charge is -2.28. The fourth-order valence-electron chi connectivity index (χ4n) is 3.58. The lowest BCUT2D eigenvalue weighted by Crippen LogP contribution is -2.31. The number of ether oxygens (including phenoxy) is 2. The van der Waals surface area contributed by atoms with E-state index in [4.69, 9.17) is 14.5 Å². The zero-order valence-electron chi connectivity index (χ0n) is 15.0. The number of aromatic nitrogens is 3. The van der Waals surface area contributed by atoms with Gasteiger partial charge in [-0.3, -0.25) is 9.88 Å². The van der Waals surface area contributed by atoms with Crippen molar-refractivity contribution in [2.24, 2.45) is 0 Å². The molecule has 6 nitrogen and oxygen atoms in total. The van der Waals surface area contributed by atoms with Crippen LogP contribution >= 0.6 is 0 Å². The Kier molecular flexibility index (Phi) is 4.18. The summed E-state index contributed by atoms with van der Waals surface area (Å²) in [7, 11) is 0. The summed E-state index contributed by atoms with van der Waals surface area (Å²) in [5, 5.41) is 0. The Morgan fingerprint density at radius 2 is 1.85 bits per heavy atom. The molecule has 0 saturated carbocycles. The van der Waals surface area contributed by atoms with Gasteiger partial charge in [-0.2, -0.15) is 0 Å². The van der Waals surface area contributed by atoms with E-state index in [0.717, 1.165) is 54.6 Å². The predicted molar refractivity (Wildman–Crippen MR) is 101 cm³/mol. The molecule has 27 heavy (non-hydrogen) atoms. The summed E-state index contributed by atoms with van der Waals surface area (Å²) in [6.07, 6.45) is 6.48. The number of hydrogen-bond acceptors (Lipinski definition) is 6. The molecule has 0 atom stereocenters. The van der Waals surface area contributed by atoms with Gasteiger partial charge in [-0.15, -0.1) is 0 Å². The Hall–Kier alpha value is -2.99. The van der Waals surface area contributed by atoms with Crippen LogP contribution in [0.3, 0.4) is 0 Å². The zero-order chi connectivity index (χ0) is 18.1. The molecule has 1 aromatic carbocycles. The van der Waals surface area contributed by atoms with Crippen molar-refractivity contribution in [3.8, 4) is 22.9 Å². The van der Waals surface area contributed by atoms with E-state index in [2.05, 4.69) is 27.0 Å². The maximum absolute atomic E-state index is 5.71. The Bertz CT molecular complexity index is 962. The van der Waals surface area contributed by atoms with Gasteiger partial charge >= 0.3 is 0 Å². The van der Waals surface area contributed by atoms with Gasteiger partial charge in [0.1, 0.15) is 13.2 Å². The van der Waals surface area contributed by atoms with Gasteiger partial charge in [0.25, 0.3) is 0 Å². The van der Waals surface area contributed by atoms with Gasteiger partial charge in [-0.05, 0) is 41.8 Å². The molecule has 0 bridgehead atoms. The second-order valence-electron chi connectivity index (χ2n) is 6.84. The molecule has 5 rings (SSSR count). The highest BCUT2D eigenvalue weighted by Crippen LogP contribution is 2.31. The van der Waals surface area contributed by atoms with Crippen molar-refractivity contribution in [1.82, 2.24) is 19.9 Å². The van der Waals surface area contributed by atoms with Crippen LogP contribution in [0.15, 0.2) is 48.9 Å². The van der Waals surface area contributed by atoms with Gasteiger partial charge < -0.3 is 9.47 Å². The molecule has 0 spiro atoms. The Labute approximate surface area is 157 Å². The van der Waals surface area contributed by atoms with Crippen molar-refractivity contribution >= 4 is 0 Å². The first-order chi connectivity index (χ1) is 13.3. The Morgan fingerprint density at radius 3 is 2.74 bits per heavy atom. The van der Waals surface area contributed by atoms with E-state index in [1.54, 1.807) is 12.4 Å². The highest BCUT2D eigenvalue weighted by Gasteiger charge is 2.20. The summed E-state index contributed by atoms with van der Waals surface area (Å²) in [5.41, 5.74) is 4.58. The van der Waals surface area contributed by atoms with E-state index in [0.29, 0.717) is 13.2 Å². The Morgan fingerprint density at radius 1 is 1.00 bits per heavy atom. The third-order valence-corrected chi connectivity index (χ3v) is 4.98. The number of hydrogen-bond donors (Lipinski definition) is 0. The molecule has 0 saturated heterocycles. The van der Waals surface area contributed by atoms with Crippen LogP contribution in [-0.4, -0.2) is 39.6 Å². The quantitative estimate of drug-likeness (QED) is 0.716. The molecule has 0 aliphatic carbocycles. The summed E-state index contributed by atoms with van der Waals surface area (Å²) in [4.78, 5) is 15.8. The van der Waals surface area contributed by atoms with E-state index in [1.807, 2.05) is 24.4 Å².